The molecule has 2 aromatic rings. The number of hydrogen-bond donors (Lipinski definition) is 1. The van der Waals surface area contributed by atoms with Gasteiger partial charge in [-0.2, -0.15) is 0 Å². The Morgan fingerprint density at radius 3 is 2.61 bits per heavy atom. The largest absolute Gasteiger partial charge is 0.364 e. The van der Waals surface area contributed by atoms with E-state index in [1.807, 2.05) is 12.1 Å². The molecular formula is C15H15ClN2. The Kier molecular flexibility index (Phi) is 2.88. The highest BCUT2D eigenvalue weighted by Gasteiger charge is 2.24. The van der Waals surface area contributed by atoms with Crippen LogP contribution >= 0.6 is 11.6 Å². The molecule has 1 unspecified atom stereocenters. The minimum absolute atomic E-state index is 0.318. The van der Waals surface area contributed by atoms with Crippen LogP contribution in [0.15, 0.2) is 48.5 Å². The lowest BCUT2D eigenvalue weighted by Gasteiger charge is -2.24. The molecule has 2 aromatic carbocycles. The van der Waals surface area contributed by atoms with Gasteiger partial charge in [0.2, 0.25) is 0 Å². The minimum atomic E-state index is 0.318. The Balaban J connectivity index is 1.87. The van der Waals surface area contributed by atoms with Gasteiger partial charge in [0.05, 0.1) is 17.5 Å². The molecule has 0 spiro atoms. The summed E-state index contributed by atoms with van der Waals surface area (Å²) >= 11 is 5.91. The quantitative estimate of drug-likeness (QED) is 0.872. The van der Waals surface area contributed by atoms with Crippen LogP contribution in [0.1, 0.15) is 12.5 Å². The molecule has 1 N–H and O–H groups in total. The molecule has 18 heavy (non-hydrogen) atoms. The van der Waals surface area contributed by atoms with Crippen molar-refractivity contribution in [2.75, 3.05) is 10.2 Å². The molecule has 1 aliphatic rings. The highest BCUT2D eigenvalue weighted by molar-refractivity contribution is 6.30. The zero-order valence-electron chi connectivity index (χ0n) is 10.2. The summed E-state index contributed by atoms with van der Waals surface area (Å²) in [7, 11) is 0. The molecule has 0 aliphatic carbocycles. The first kappa shape index (κ1) is 11.4. The number of para-hydroxylation sites is 2. The van der Waals surface area contributed by atoms with Gasteiger partial charge in [-0.25, -0.2) is 0 Å². The van der Waals surface area contributed by atoms with Crippen LogP contribution in [0.3, 0.4) is 0 Å². The summed E-state index contributed by atoms with van der Waals surface area (Å²) in [6.07, 6.45) is 0.318. The van der Waals surface area contributed by atoms with Crippen molar-refractivity contribution in [3.05, 3.63) is 59.1 Å². The third-order valence-electron chi connectivity index (χ3n) is 3.31. The van der Waals surface area contributed by atoms with E-state index in [1.165, 1.54) is 16.9 Å². The Hall–Kier alpha value is -1.67. The first-order valence-corrected chi connectivity index (χ1v) is 6.48. The summed E-state index contributed by atoms with van der Waals surface area (Å²) < 4.78 is 0. The molecule has 0 amide bonds. The van der Waals surface area contributed by atoms with Crippen LogP contribution in [0.5, 0.6) is 0 Å². The van der Waals surface area contributed by atoms with Gasteiger partial charge >= 0.3 is 0 Å². The van der Waals surface area contributed by atoms with Crippen LogP contribution in [0.25, 0.3) is 0 Å². The van der Waals surface area contributed by atoms with Gasteiger partial charge in [0.1, 0.15) is 0 Å². The van der Waals surface area contributed by atoms with Gasteiger partial charge in [0, 0.05) is 11.6 Å². The standard InChI is InChI=1S/C15H15ClN2/c1-11-17-14-4-2-3-5-15(14)18(11)10-12-6-8-13(16)9-7-12/h2-9,11,17H,10H2,1H3. The minimum Gasteiger partial charge on any atom is -0.364 e. The van der Waals surface area contributed by atoms with Gasteiger partial charge in [0.25, 0.3) is 0 Å². The van der Waals surface area contributed by atoms with Gasteiger partial charge in [-0.05, 0) is 36.8 Å². The summed E-state index contributed by atoms with van der Waals surface area (Å²) in [4.78, 5) is 2.36. The number of anilines is 2. The van der Waals surface area contributed by atoms with Crippen LogP contribution in [0.4, 0.5) is 11.4 Å². The second-order valence-electron chi connectivity index (χ2n) is 4.59. The van der Waals surface area contributed by atoms with Crippen molar-refractivity contribution in [2.24, 2.45) is 0 Å². The number of nitrogens with zero attached hydrogens (tertiary/aromatic N) is 1. The van der Waals surface area contributed by atoms with Crippen molar-refractivity contribution in [2.45, 2.75) is 19.6 Å². The van der Waals surface area contributed by atoms with Gasteiger partial charge in [0.15, 0.2) is 0 Å². The Morgan fingerprint density at radius 1 is 1.11 bits per heavy atom. The van der Waals surface area contributed by atoms with Crippen LogP contribution in [0, 0.1) is 0 Å². The zero-order chi connectivity index (χ0) is 12.5. The van der Waals surface area contributed by atoms with Gasteiger partial charge < -0.3 is 10.2 Å². The molecule has 0 saturated carbocycles. The molecule has 0 radical (unpaired) electrons. The van der Waals surface area contributed by atoms with E-state index in [4.69, 9.17) is 11.6 Å². The zero-order valence-corrected chi connectivity index (χ0v) is 11.0. The first-order chi connectivity index (χ1) is 8.74. The van der Waals surface area contributed by atoms with Gasteiger partial charge in [-0.15, -0.1) is 0 Å². The second-order valence-corrected chi connectivity index (χ2v) is 5.03. The van der Waals surface area contributed by atoms with Crippen LogP contribution in [0.2, 0.25) is 5.02 Å². The molecule has 0 saturated heterocycles. The lowest BCUT2D eigenvalue weighted by molar-refractivity contribution is 0.725. The highest BCUT2D eigenvalue weighted by atomic mass is 35.5. The Labute approximate surface area is 112 Å². The molecule has 1 atom stereocenters. The topological polar surface area (TPSA) is 15.3 Å². The predicted molar refractivity (Wildman–Crippen MR) is 77.2 cm³/mol. The lowest BCUT2D eigenvalue weighted by atomic mass is 10.2. The van der Waals surface area contributed by atoms with Gasteiger partial charge in [-0.1, -0.05) is 35.9 Å². The molecule has 92 valence electrons. The van der Waals surface area contributed by atoms with E-state index >= 15 is 0 Å². The molecule has 0 bridgehead atoms. The van der Waals surface area contributed by atoms with E-state index in [0.717, 1.165) is 11.6 Å². The summed E-state index contributed by atoms with van der Waals surface area (Å²) in [5, 5.41) is 4.26. The number of rotatable bonds is 2. The monoisotopic (exact) mass is 258 g/mol. The van der Waals surface area contributed by atoms with Crippen LogP contribution in [-0.2, 0) is 6.54 Å². The molecule has 3 rings (SSSR count). The van der Waals surface area contributed by atoms with E-state index in [0.29, 0.717) is 6.17 Å². The third kappa shape index (κ3) is 2.04. The molecule has 1 aliphatic heterocycles. The maximum atomic E-state index is 5.91. The van der Waals surface area contributed by atoms with Crippen molar-refractivity contribution in [3.8, 4) is 0 Å². The molecule has 0 aromatic heterocycles. The summed E-state index contributed by atoms with van der Waals surface area (Å²) in [5.74, 6) is 0. The van der Waals surface area contributed by atoms with Gasteiger partial charge in [-0.3, -0.25) is 0 Å². The predicted octanol–water partition coefficient (Wildman–Crippen LogP) is 4.12. The molecule has 1 heterocycles. The average molecular weight is 259 g/mol. The SMILES string of the molecule is CC1Nc2ccccc2N1Cc1ccc(Cl)cc1. The Morgan fingerprint density at radius 2 is 1.83 bits per heavy atom. The van der Waals surface area contributed by atoms with Crippen molar-refractivity contribution in [3.63, 3.8) is 0 Å². The number of benzene rings is 2. The van der Waals surface area contributed by atoms with Crippen molar-refractivity contribution < 1.29 is 0 Å². The second kappa shape index (κ2) is 4.54. The fourth-order valence-corrected chi connectivity index (χ4v) is 2.49. The first-order valence-electron chi connectivity index (χ1n) is 6.11. The van der Waals surface area contributed by atoms with Crippen molar-refractivity contribution in [1.29, 1.82) is 0 Å². The van der Waals surface area contributed by atoms with Crippen LogP contribution in [-0.4, -0.2) is 6.17 Å². The maximum absolute atomic E-state index is 5.91. The van der Waals surface area contributed by atoms with E-state index in [9.17, 15) is 0 Å². The fourth-order valence-electron chi connectivity index (χ4n) is 2.37. The normalized spacial score (nSPS) is 17.4. The van der Waals surface area contributed by atoms with E-state index in [-0.39, 0.29) is 0 Å². The third-order valence-corrected chi connectivity index (χ3v) is 3.56. The summed E-state index contributed by atoms with van der Waals surface area (Å²) in [6, 6.07) is 16.5. The molecular weight excluding hydrogens is 244 g/mol. The lowest BCUT2D eigenvalue weighted by Crippen LogP contribution is -2.32. The Bertz CT molecular complexity index is 551. The van der Waals surface area contributed by atoms with Crippen molar-refractivity contribution >= 4 is 23.0 Å². The van der Waals surface area contributed by atoms with Crippen molar-refractivity contribution in [1.82, 2.24) is 0 Å². The fraction of sp³-hybridized carbons (Fsp3) is 0.200. The molecule has 0 fully saturated rings. The number of nitrogens with one attached hydrogen (secondary N) is 1. The summed E-state index contributed by atoms with van der Waals surface area (Å²) in [6.45, 7) is 3.07. The maximum Gasteiger partial charge on any atom is 0.0965 e. The number of fused-ring (bicyclic) bond motifs is 1. The number of hydrogen-bond acceptors (Lipinski definition) is 2. The highest BCUT2D eigenvalue weighted by Crippen LogP contribution is 2.35. The van der Waals surface area contributed by atoms with E-state index in [1.54, 1.807) is 0 Å². The molecule has 2 nitrogen and oxygen atoms in total. The smallest absolute Gasteiger partial charge is 0.0965 e. The van der Waals surface area contributed by atoms with E-state index < -0.39 is 0 Å². The van der Waals surface area contributed by atoms with E-state index in [2.05, 4.69) is 53.5 Å². The molecule has 3 heteroatoms. The number of halogens is 1. The average Bonchev–Trinajstić information content (AvgIpc) is 2.69. The van der Waals surface area contributed by atoms with Crippen LogP contribution < -0.4 is 10.2 Å². The summed E-state index contributed by atoms with van der Waals surface area (Å²) in [5.41, 5.74) is 3.74.